The molecule has 6 heterocycles. The normalized spacial score (nSPS) is 10.9. The van der Waals surface area contributed by atoms with Crippen molar-refractivity contribution in [2.75, 3.05) is 0 Å². The van der Waals surface area contributed by atoms with E-state index in [0.717, 1.165) is 72.4 Å². The zero-order chi connectivity index (χ0) is 43.8. The number of carbonyl (C=O) groups is 2. The van der Waals surface area contributed by atoms with Crippen LogP contribution in [0.2, 0.25) is 0 Å². The van der Waals surface area contributed by atoms with Gasteiger partial charge < -0.3 is 29.9 Å². The second-order valence-corrected chi connectivity index (χ2v) is 14.9. The number of fused-ring (bicyclic) bond motifs is 2. The van der Waals surface area contributed by atoms with E-state index in [9.17, 15) is 24.3 Å². The number of aromatic carboxylic acids is 1. The molecule has 0 aliphatic heterocycles. The molecule has 0 aliphatic carbocycles. The van der Waals surface area contributed by atoms with Gasteiger partial charge in [0.25, 0.3) is 11.1 Å². The third-order valence-electron chi connectivity index (χ3n) is 10.7. The van der Waals surface area contributed by atoms with Crippen LogP contribution < -0.4 is 16.9 Å². The number of benzene rings is 2. The second kappa shape index (κ2) is 19.2. The number of hydrogen-bond acceptors (Lipinski definition) is 9. The lowest BCUT2D eigenvalue weighted by atomic mass is 9.99. The number of aromatic nitrogens is 8. The van der Waals surface area contributed by atoms with E-state index in [1.165, 1.54) is 12.7 Å². The first-order chi connectivity index (χ1) is 29.3. The Morgan fingerprint density at radius 3 is 1.51 bits per heavy atom. The first-order valence-electron chi connectivity index (χ1n) is 19.8. The summed E-state index contributed by atoms with van der Waals surface area (Å²) in [6.45, 7) is 12.8. The molecule has 14 heteroatoms. The largest absolute Gasteiger partial charge is 0.478 e. The lowest BCUT2D eigenvalue weighted by molar-refractivity contribution is 0.0697. The number of nitrogens with one attached hydrogen (secondary N) is 2. The smallest absolute Gasteiger partial charge is 0.338 e. The van der Waals surface area contributed by atoms with Crippen LogP contribution in [0, 0.1) is 41.5 Å². The van der Waals surface area contributed by atoms with Crippen molar-refractivity contribution in [3.8, 4) is 0 Å². The molecule has 312 valence electrons. The molecule has 61 heavy (non-hydrogen) atoms. The van der Waals surface area contributed by atoms with Crippen molar-refractivity contribution in [2.45, 2.75) is 74.0 Å². The molecular weight excluding hydrogens is 771 g/mol. The molecule has 0 spiro atoms. The van der Waals surface area contributed by atoms with Crippen LogP contribution in [0.4, 0.5) is 0 Å². The third-order valence-corrected chi connectivity index (χ3v) is 10.7. The van der Waals surface area contributed by atoms with Gasteiger partial charge in [-0.25, -0.2) is 24.7 Å². The number of rotatable bonds is 10. The maximum Gasteiger partial charge on any atom is 0.338 e. The summed E-state index contributed by atoms with van der Waals surface area (Å²) in [5.41, 5.74) is 16.7. The van der Waals surface area contributed by atoms with E-state index < -0.39 is 5.97 Å². The van der Waals surface area contributed by atoms with Crippen LogP contribution in [0.3, 0.4) is 0 Å². The van der Waals surface area contributed by atoms with Gasteiger partial charge in [-0.05, 0) is 83.4 Å². The molecule has 0 aliphatic rings. The fourth-order valence-corrected chi connectivity index (χ4v) is 7.77. The molecule has 2 aromatic carbocycles. The van der Waals surface area contributed by atoms with Gasteiger partial charge >= 0.3 is 5.97 Å². The van der Waals surface area contributed by atoms with E-state index in [4.69, 9.17) is 5.73 Å². The minimum absolute atomic E-state index is 0.0473. The quantitative estimate of drug-likeness (QED) is 0.106. The minimum Gasteiger partial charge on any atom is -0.478 e. The van der Waals surface area contributed by atoms with Gasteiger partial charge in [-0.1, -0.05) is 36.4 Å². The SMILES string of the molecule is Cc1c(C(=O)O)c2ccccc2n1Cc1cncnc1.Cc1cc(C)c(CCC(=O)c2c(C)n(Cc3cncnc3)c3ccccc23)c(=O)[nH]1.Cc1cc(C)c(CN)c(=O)[nH]1. The minimum atomic E-state index is -0.901. The summed E-state index contributed by atoms with van der Waals surface area (Å²) in [5, 5.41) is 11.1. The van der Waals surface area contributed by atoms with E-state index in [1.54, 1.807) is 24.8 Å². The Balaban J connectivity index is 0.000000172. The van der Waals surface area contributed by atoms with Crippen molar-refractivity contribution in [3.05, 3.63) is 186 Å². The Labute approximate surface area is 352 Å². The van der Waals surface area contributed by atoms with Gasteiger partial charge in [0, 0.05) is 110 Å². The first kappa shape index (κ1) is 43.3. The molecule has 8 aromatic rings. The molecule has 0 unspecified atom stereocenters. The predicted octanol–water partition coefficient (Wildman–Crippen LogP) is 6.85. The third kappa shape index (κ3) is 9.77. The molecule has 8 rings (SSSR count). The van der Waals surface area contributed by atoms with Crippen LogP contribution in [0.15, 0.2) is 108 Å². The number of pyridine rings is 2. The maximum absolute atomic E-state index is 13.3. The highest BCUT2D eigenvalue weighted by Gasteiger charge is 2.21. The summed E-state index contributed by atoms with van der Waals surface area (Å²) in [7, 11) is 0. The molecule has 0 fully saturated rings. The topological polar surface area (TPSA) is 208 Å². The molecule has 0 saturated carbocycles. The zero-order valence-electron chi connectivity index (χ0n) is 35.1. The number of Topliss-reactive ketones (excluding diaryl/α,β-unsaturated/α-hetero) is 1. The maximum atomic E-state index is 13.3. The van der Waals surface area contributed by atoms with Gasteiger partial charge in [-0.2, -0.15) is 0 Å². The zero-order valence-corrected chi connectivity index (χ0v) is 35.1. The summed E-state index contributed by atoms with van der Waals surface area (Å²) in [5.74, 6) is -0.854. The van der Waals surface area contributed by atoms with Crippen LogP contribution in [0.25, 0.3) is 21.8 Å². The number of carbonyl (C=O) groups excluding carboxylic acids is 1. The lowest BCUT2D eigenvalue weighted by Gasteiger charge is -2.09. The summed E-state index contributed by atoms with van der Waals surface area (Å²) < 4.78 is 4.11. The van der Waals surface area contributed by atoms with Crippen molar-refractivity contribution >= 4 is 33.6 Å². The van der Waals surface area contributed by atoms with Crippen molar-refractivity contribution < 1.29 is 14.7 Å². The standard InChI is InChI=1S/C24H24N4O2.C15H13N3O2.C8H12N2O/c1-15-10-16(2)27-24(30)19(15)8-9-22(29)23-17(3)28(13-18-11-25-14-26-12-18)21-7-5-4-6-20(21)23;1-10-14(15(19)20)12-4-2-3-5-13(12)18(10)8-11-6-16-9-17-7-11;1-5-3-6(2)10-8(11)7(5)4-9/h4-7,10-12,14H,8-9,13H2,1-3H3,(H,27,30);2-7,9H,8H2,1H3,(H,19,20);3H,4,9H2,1-2H3,(H,10,11). The van der Waals surface area contributed by atoms with Gasteiger partial charge in [0.1, 0.15) is 12.7 Å². The molecule has 0 bridgehead atoms. The predicted molar refractivity (Wildman–Crippen MR) is 236 cm³/mol. The average molecular weight is 820 g/mol. The summed E-state index contributed by atoms with van der Waals surface area (Å²) in [4.78, 5) is 69.9. The molecule has 14 nitrogen and oxygen atoms in total. The van der Waals surface area contributed by atoms with Crippen molar-refractivity contribution in [2.24, 2.45) is 5.73 Å². The van der Waals surface area contributed by atoms with E-state index in [-0.39, 0.29) is 23.3 Å². The molecule has 0 atom stereocenters. The van der Waals surface area contributed by atoms with Gasteiger partial charge in [0.2, 0.25) is 0 Å². The van der Waals surface area contributed by atoms with Gasteiger partial charge in [-0.3, -0.25) is 14.4 Å². The van der Waals surface area contributed by atoms with E-state index in [0.29, 0.717) is 42.7 Å². The van der Waals surface area contributed by atoms with E-state index in [2.05, 4.69) is 34.5 Å². The number of aryl methyl sites for hydroxylation is 4. The van der Waals surface area contributed by atoms with E-state index >= 15 is 0 Å². The van der Waals surface area contributed by atoms with Gasteiger partial charge in [0.15, 0.2) is 5.78 Å². The van der Waals surface area contributed by atoms with Crippen molar-refractivity contribution in [1.29, 1.82) is 0 Å². The van der Waals surface area contributed by atoms with Crippen LogP contribution in [0.5, 0.6) is 0 Å². The van der Waals surface area contributed by atoms with Gasteiger partial charge in [-0.15, -0.1) is 0 Å². The highest BCUT2D eigenvalue weighted by Crippen LogP contribution is 2.29. The van der Waals surface area contributed by atoms with Crippen LogP contribution in [-0.4, -0.2) is 55.9 Å². The molecular formula is C47H49N9O5. The number of carboxylic acid groups (broad SMARTS) is 1. The molecule has 0 saturated heterocycles. The Morgan fingerprint density at radius 1 is 0.639 bits per heavy atom. The lowest BCUT2D eigenvalue weighted by Crippen LogP contribution is -2.18. The van der Waals surface area contributed by atoms with Crippen molar-refractivity contribution in [1.82, 2.24) is 39.0 Å². The summed E-state index contributed by atoms with van der Waals surface area (Å²) >= 11 is 0. The van der Waals surface area contributed by atoms with E-state index in [1.807, 2.05) is 107 Å². The fraction of sp³-hybridized carbons (Fsp3) is 0.234. The number of hydrogen-bond donors (Lipinski definition) is 4. The molecule has 5 N–H and O–H groups in total. The average Bonchev–Trinajstić information content (AvgIpc) is 3.67. The number of aromatic amines is 2. The number of para-hydroxylation sites is 2. The molecule has 6 aromatic heterocycles. The monoisotopic (exact) mass is 819 g/mol. The number of nitrogens with zero attached hydrogens (tertiary/aromatic N) is 6. The fourth-order valence-electron chi connectivity index (χ4n) is 7.77. The first-order valence-corrected chi connectivity index (χ1v) is 19.8. The Kier molecular flexibility index (Phi) is 13.6. The number of ketones is 1. The van der Waals surface area contributed by atoms with Crippen LogP contribution >= 0.6 is 0 Å². The summed E-state index contributed by atoms with van der Waals surface area (Å²) in [6.07, 6.45) is 10.7. The Hall–Kier alpha value is -7.32. The highest BCUT2D eigenvalue weighted by molar-refractivity contribution is 6.09. The number of carboxylic acids is 1. The van der Waals surface area contributed by atoms with Crippen LogP contribution in [0.1, 0.15) is 83.3 Å². The Morgan fingerprint density at radius 2 is 1.07 bits per heavy atom. The summed E-state index contributed by atoms with van der Waals surface area (Å²) in [6, 6.07) is 19.3. The van der Waals surface area contributed by atoms with Crippen molar-refractivity contribution in [3.63, 3.8) is 0 Å². The highest BCUT2D eigenvalue weighted by atomic mass is 16.4. The molecule has 0 amide bonds. The van der Waals surface area contributed by atoms with Crippen LogP contribution in [-0.2, 0) is 26.1 Å². The Bertz CT molecular complexity index is 2970. The number of nitrogens with two attached hydrogens (primary N) is 1. The number of H-pyrrole nitrogens is 2. The second-order valence-electron chi connectivity index (χ2n) is 14.9. The van der Waals surface area contributed by atoms with Gasteiger partial charge in [0.05, 0.1) is 18.7 Å². The molecule has 0 radical (unpaired) electrons.